The zero-order valence-electron chi connectivity index (χ0n) is 13.6. The van der Waals surface area contributed by atoms with Gasteiger partial charge < -0.3 is 10.1 Å². The Morgan fingerprint density at radius 3 is 2.85 bits per heavy atom. The highest BCUT2D eigenvalue weighted by Gasteiger charge is 2.35. The first-order chi connectivity index (χ1) is 12.6. The van der Waals surface area contributed by atoms with Gasteiger partial charge in [0.05, 0.1) is 18.7 Å². The summed E-state index contributed by atoms with van der Waals surface area (Å²) in [5.74, 6) is -1.19. The van der Waals surface area contributed by atoms with Crippen LogP contribution in [0.5, 0.6) is 0 Å². The lowest BCUT2D eigenvalue weighted by atomic mass is 9.92. The molecule has 4 rings (SSSR count). The van der Waals surface area contributed by atoms with Crippen molar-refractivity contribution < 1.29 is 18.7 Å². The smallest absolute Gasteiger partial charge is 0.356 e. The second-order valence-electron chi connectivity index (χ2n) is 5.74. The second kappa shape index (κ2) is 6.34. The van der Waals surface area contributed by atoms with Gasteiger partial charge >= 0.3 is 5.97 Å². The van der Waals surface area contributed by atoms with Gasteiger partial charge in [-0.25, -0.2) is 14.2 Å². The first-order valence-corrected chi connectivity index (χ1v) is 8.62. The first kappa shape index (κ1) is 16.4. The molecule has 1 aromatic carbocycles. The number of nitrogens with zero attached hydrogens (tertiary/aromatic N) is 2. The van der Waals surface area contributed by atoms with Gasteiger partial charge in [-0.1, -0.05) is 0 Å². The Bertz CT molecular complexity index is 996. The summed E-state index contributed by atoms with van der Waals surface area (Å²) in [5, 5.41) is 11.8. The summed E-state index contributed by atoms with van der Waals surface area (Å²) in [4.78, 5) is 28.6. The van der Waals surface area contributed by atoms with E-state index in [2.05, 4.69) is 20.5 Å². The van der Waals surface area contributed by atoms with E-state index in [1.165, 1.54) is 30.6 Å². The molecule has 1 aliphatic heterocycles. The van der Waals surface area contributed by atoms with E-state index in [0.29, 0.717) is 22.1 Å². The lowest BCUT2D eigenvalue weighted by Gasteiger charge is -2.20. The summed E-state index contributed by atoms with van der Waals surface area (Å²) in [6, 6.07) is 6.02. The predicted molar refractivity (Wildman–Crippen MR) is 92.5 cm³/mol. The van der Waals surface area contributed by atoms with Gasteiger partial charge in [-0.3, -0.25) is 9.89 Å². The van der Waals surface area contributed by atoms with E-state index >= 15 is 0 Å². The number of carbonyl (C=O) groups is 2. The SMILES string of the molecule is COC(=O)c1[nH]nc2c1C(c1nc(-c3ccc(F)cc3)cs1)CC(=O)N2. The molecule has 2 N–H and O–H groups in total. The van der Waals surface area contributed by atoms with E-state index in [0.717, 1.165) is 5.56 Å². The highest BCUT2D eigenvalue weighted by Crippen LogP contribution is 2.40. The van der Waals surface area contributed by atoms with Gasteiger partial charge in [0.15, 0.2) is 5.82 Å². The molecular formula is C17H13FN4O3S. The van der Waals surface area contributed by atoms with Gasteiger partial charge in [-0.15, -0.1) is 11.3 Å². The number of anilines is 1. The number of hydrogen-bond donors (Lipinski definition) is 2. The molecule has 1 unspecified atom stereocenters. The van der Waals surface area contributed by atoms with Crippen molar-refractivity contribution >= 4 is 29.0 Å². The Morgan fingerprint density at radius 1 is 1.35 bits per heavy atom. The number of carbonyl (C=O) groups excluding carboxylic acids is 2. The van der Waals surface area contributed by atoms with Gasteiger partial charge in [-0.2, -0.15) is 5.10 Å². The monoisotopic (exact) mass is 372 g/mol. The molecular weight excluding hydrogens is 359 g/mol. The van der Waals surface area contributed by atoms with Crippen LogP contribution in [0.2, 0.25) is 0 Å². The summed E-state index contributed by atoms with van der Waals surface area (Å²) >= 11 is 1.37. The molecule has 1 atom stereocenters. The number of nitrogens with one attached hydrogen (secondary N) is 2. The van der Waals surface area contributed by atoms with E-state index < -0.39 is 11.9 Å². The molecule has 0 aliphatic carbocycles. The van der Waals surface area contributed by atoms with E-state index in [-0.39, 0.29) is 23.8 Å². The fourth-order valence-corrected chi connectivity index (χ4v) is 3.86. The van der Waals surface area contributed by atoms with Crippen LogP contribution in [-0.4, -0.2) is 34.2 Å². The Morgan fingerprint density at radius 2 is 2.12 bits per heavy atom. The van der Waals surface area contributed by atoms with E-state index in [1.807, 2.05) is 5.38 Å². The Labute approximate surface area is 151 Å². The summed E-state index contributed by atoms with van der Waals surface area (Å²) in [7, 11) is 1.28. The maximum atomic E-state index is 13.1. The fourth-order valence-electron chi connectivity index (χ4n) is 2.93. The minimum Gasteiger partial charge on any atom is -0.464 e. The first-order valence-electron chi connectivity index (χ1n) is 7.74. The number of fused-ring (bicyclic) bond motifs is 1. The summed E-state index contributed by atoms with van der Waals surface area (Å²) < 4.78 is 17.9. The largest absolute Gasteiger partial charge is 0.464 e. The van der Waals surface area contributed by atoms with Crippen LogP contribution in [0.1, 0.15) is 33.4 Å². The van der Waals surface area contributed by atoms with Crippen molar-refractivity contribution in [3.05, 3.63) is 51.7 Å². The van der Waals surface area contributed by atoms with Crippen molar-refractivity contribution in [3.63, 3.8) is 0 Å². The standard InChI is InChI=1S/C17H13FN4O3S/c1-25-17(24)14-13-10(6-12(23)20-15(13)22-21-14)16-19-11(7-26-16)8-2-4-9(18)5-3-8/h2-5,7,10H,6H2,1H3,(H2,20,21,22,23). The van der Waals surface area contributed by atoms with Crippen LogP contribution in [0.25, 0.3) is 11.3 Å². The van der Waals surface area contributed by atoms with Crippen LogP contribution in [-0.2, 0) is 9.53 Å². The molecule has 2 aromatic heterocycles. The minimum atomic E-state index is -0.560. The number of aromatic nitrogens is 3. The van der Waals surface area contributed by atoms with Gasteiger partial charge in [0.2, 0.25) is 5.91 Å². The predicted octanol–water partition coefficient (Wildman–Crippen LogP) is 2.93. The number of esters is 1. The molecule has 0 radical (unpaired) electrons. The lowest BCUT2D eigenvalue weighted by molar-refractivity contribution is -0.116. The number of amides is 1. The average Bonchev–Trinajstić information content (AvgIpc) is 3.28. The molecule has 132 valence electrons. The summed E-state index contributed by atoms with van der Waals surface area (Å²) in [5.41, 5.74) is 2.22. The van der Waals surface area contributed by atoms with Crippen molar-refractivity contribution in [2.24, 2.45) is 0 Å². The zero-order chi connectivity index (χ0) is 18.3. The zero-order valence-corrected chi connectivity index (χ0v) is 14.4. The summed E-state index contributed by atoms with van der Waals surface area (Å²) in [6.45, 7) is 0. The number of H-pyrrole nitrogens is 1. The van der Waals surface area contributed by atoms with Crippen molar-refractivity contribution in [1.82, 2.24) is 15.2 Å². The van der Waals surface area contributed by atoms with Gasteiger partial charge in [0.25, 0.3) is 0 Å². The second-order valence-corrected chi connectivity index (χ2v) is 6.62. The molecule has 26 heavy (non-hydrogen) atoms. The number of methoxy groups -OCH3 is 1. The van der Waals surface area contributed by atoms with Crippen LogP contribution in [0.4, 0.5) is 10.2 Å². The van der Waals surface area contributed by atoms with E-state index in [4.69, 9.17) is 4.74 Å². The maximum Gasteiger partial charge on any atom is 0.356 e. The molecule has 0 saturated carbocycles. The molecule has 0 bridgehead atoms. The normalized spacial score (nSPS) is 16.1. The highest BCUT2D eigenvalue weighted by molar-refractivity contribution is 7.10. The van der Waals surface area contributed by atoms with Crippen molar-refractivity contribution in [3.8, 4) is 11.3 Å². The Hall–Kier alpha value is -3.07. The molecule has 3 aromatic rings. The molecule has 7 nitrogen and oxygen atoms in total. The molecule has 0 saturated heterocycles. The number of thiazole rings is 1. The van der Waals surface area contributed by atoms with Crippen molar-refractivity contribution in [2.75, 3.05) is 12.4 Å². The number of hydrogen-bond acceptors (Lipinski definition) is 6. The molecule has 9 heteroatoms. The topological polar surface area (TPSA) is 97.0 Å². The third kappa shape index (κ3) is 2.76. The quantitative estimate of drug-likeness (QED) is 0.689. The van der Waals surface area contributed by atoms with Gasteiger partial charge in [0.1, 0.15) is 16.5 Å². The Kier molecular flexibility index (Phi) is 4.00. The Balaban J connectivity index is 1.75. The van der Waals surface area contributed by atoms with E-state index in [1.54, 1.807) is 12.1 Å². The van der Waals surface area contributed by atoms with Crippen LogP contribution >= 0.6 is 11.3 Å². The minimum absolute atomic E-state index is 0.146. The van der Waals surface area contributed by atoms with Crippen LogP contribution < -0.4 is 5.32 Å². The van der Waals surface area contributed by atoms with Crippen LogP contribution in [0.15, 0.2) is 29.6 Å². The lowest BCUT2D eigenvalue weighted by Crippen LogP contribution is -2.24. The number of halogens is 1. The van der Waals surface area contributed by atoms with E-state index in [9.17, 15) is 14.0 Å². The maximum absolute atomic E-state index is 13.1. The van der Waals surface area contributed by atoms with Crippen LogP contribution in [0.3, 0.4) is 0 Å². The van der Waals surface area contributed by atoms with Crippen molar-refractivity contribution in [2.45, 2.75) is 12.3 Å². The number of aromatic amines is 1. The van der Waals surface area contributed by atoms with Gasteiger partial charge in [-0.05, 0) is 24.3 Å². The number of ether oxygens (including phenoxy) is 1. The number of rotatable bonds is 3. The molecule has 1 amide bonds. The summed E-state index contributed by atoms with van der Waals surface area (Å²) in [6.07, 6.45) is 0.146. The van der Waals surface area contributed by atoms with Crippen molar-refractivity contribution in [1.29, 1.82) is 0 Å². The molecule has 0 spiro atoms. The van der Waals surface area contributed by atoms with Crippen LogP contribution in [0, 0.1) is 5.82 Å². The average molecular weight is 372 g/mol. The highest BCUT2D eigenvalue weighted by atomic mass is 32.1. The fraction of sp³-hybridized carbons (Fsp3) is 0.176. The molecule has 0 fully saturated rings. The molecule has 3 heterocycles. The third-order valence-corrected chi connectivity index (χ3v) is 5.11. The molecule has 1 aliphatic rings. The van der Waals surface area contributed by atoms with Gasteiger partial charge in [0, 0.05) is 22.9 Å². The number of benzene rings is 1. The third-order valence-electron chi connectivity index (χ3n) is 4.15.